The van der Waals surface area contributed by atoms with E-state index in [1.807, 2.05) is 26.0 Å². The predicted octanol–water partition coefficient (Wildman–Crippen LogP) is 2.10. The monoisotopic (exact) mass is 312 g/mol. The molecule has 2 rings (SSSR count). The third kappa shape index (κ3) is 4.61. The molecule has 0 spiro atoms. The normalized spacial score (nSPS) is 15.6. The summed E-state index contributed by atoms with van der Waals surface area (Å²) < 4.78 is 32.0. The summed E-state index contributed by atoms with van der Waals surface area (Å²) in [5.41, 5.74) is 6.29. The summed E-state index contributed by atoms with van der Waals surface area (Å²) in [5, 5.41) is 0. The van der Waals surface area contributed by atoms with Crippen molar-refractivity contribution in [1.29, 1.82) is 0 Å². The zero-order valence-corrected chi connectivity index (χ0v) is 13.5. The molecule has 2 N–H and O–H groups in total. The molecule has 0 aromatic heterocycles. The molecule has 1 fully saturated rings. The van der Waals surface area contributed by atoms with Crippen molar-refractivity contribution in [1.82, 2.24) is 4.31 Å². The second kappa shape index (κ2) is 6.66. The van der Waals surface area contributed by atoms with E-state index in [1.165, 1.54) is 0 Å². The molecule has 1 aromatic carbocycles. The number of para-hydroxylation sites is 2. The molecule has 0 atom stereocenters. The number of benzene rings is 1. The SMILES string of the molecule is CC(C)CN(C1CC1)S(=O)(=O)CCOc1ccccc1N. The molecule has 0 radical (unpaired) electrons. The fourth-order valence-corrected chi connectivity index (χ4v) is 3.92. The third-order valence-corrected chi connectivity index (χ3v) is 5.22. The van der Waals surface area contributed by atoms with Crippen LogP contribution in [0.4, 0.5) is 5.69 Å². The molecule has 1 saturated carbocycles. The fraction of sp³-hybridized carbons (Fsp3) is 0.600. The lowest BCUT2D eigenvalue weighted by molar-refractivity contribution is 0.327. The lowest BCUT2D eigenvalue weighted by atomic mass is 10.2. The van der Waals surface area contributed by atoms with Crippen LogP contribution in [-0.2, 0) is 10.0 Å². The van der Waals surface area contributed by atoms with Gasteiger partial charge in [0, 0.05) is 12.6 Å². The van der Waals surface area contributed by atoms with Gasteiger partial charge in [-0.15, -0.1) is 0 Å². The molecule has 0 unspecified atom stereocenters. The second-order valence-electron chi connectivity index (χ2n) is 5.90. The van der Waals surface area contributed by atoms with Gasteiger partial charge in [-0.1, -0.05) is 26.0 Å². The molecule has 0 bridgehead atoms. The highest BCUT2D eigenvalue weighted by molar-refractivity contribution is 7.89. The number of anilines is 1. The van der Waals surface area contributed by atoms with Gasteiger partial charge in [0.25, 0.3) is 0 Å². The number of sulfonamides is 1. The number of nitrogen functional groups attached to an aromatic ring is 1. The first kappa shape index (κ1) is 16.1. The maximum Gasteiger partial charge on any atom is 0.217 e. The fourth-order valence-electron chi connectivity index (χ4n) is 2.20. The maximum absolute atomic E-state index is 12.4. The minimum atomic E-state index is -3.27. The summed E-state index contributed by atoms with van der Waals surface area (Å²) in [5.74, 6) is 0.852. The van der Waals surface area contributed by atoms with Gasteiger partial charge < -0.3 is 10.5 Å². The van der Waals surface area contributed by atoms with Crippen molar-refractivity contribution in [2.75, 3.05) is 24.6 Å². The van der Waals surface area contributed by atoms with Gasteiger partial charge >= 0.3 is 0 Å². The Bertz CT molecular complexity index is 568. The van der Waals surface area contributed by atoms with Crippen LogP contribution in [0, 0.1) is 5.92 Å². The highest BCUT2D eigenvalue weighted by atomic mass is 32.2. The Morgan fingerprint density at radius 1 is 1.33 bits per heavy atom. The molecule has 1 aliphatic carbocycles. The molecule has 6 heteroatoms. The van der Waals surface area contributed by atoms with E-state index >= 15 is 0 Å². The summed E-state index contributed by atoms with van der Waals surface area (Å²) in [6.45, 7) is 4.77. The van der Waals surface area contributed by atoms with Crippen molar-refractivity contribution in [3.8, 4) is 5.75 Å². The molecule has 0 amide bonds. The van der Waals surface area contributed by atoms with E-state index in [2.05, 4.69) is 0 Å². The van der Waals surface area contributed by atoms with Gasteiger partial charge in [0.1, 0.15) is 12.4 Å². The number of hydrogen-bond acceptors (Lipinski definition) is 4. The number of nitrogens with zero attached hydrogens (tertiary/aromatic N) is 1. The van der Waals surface area contributed by atoms with E-state index in [9.17, 15) is 8.42 Å². The van der Waals surface area contributed by atoms with Crippen LogP contribution in [0.1, 0.15) is 26.7 Å². The van der Waals surface area contributed by atoms with Crippen LogP contribution in [0.3, 0.4) is 0 Å². The second-order valence-corrected chi connectivity index (χ2v) is 7.94. The Hall–Kier alpha value is -1.27. The summed E-state index contributed by atoms with van der Waals surface area (Å²) in [7, 11) is -3.27. The van der Waals surface area contributed by atoms with Crippen molar-refractivity contribution in [2.24, 2.45) is 5.92 Å². The first-order valence-corrected chi connectivity index (χ1v) is 8.98. The Kier molecular flexibility index (Phi) is 5.11. The van der Waals surface area contributed by atoms with E-state index in [-0.39, 0.29) is 18.4 Å². The molecule has 118 valence electrons. The zero-order chi connectivity index (χ0) is 15.5. The van der Waals surface area contributed by atoms with E-state index in [1.54, 1.807) is 16.4 Å². The van der Waals surface area contributed by atoms with E-state index in [0.29, 0.717) is 23.9 Å². The minimum absolute atomic E-state index is 0.00937. The topological polar surface area (TPSA) is 72.6 Å². The molecule has 5 nitrogen and oxygen atoms in total. The Morgan fingerprint density at radius 3 is 2.57 bits per heavy atom. The quantitative estimate of drug-likeness (QED) is 0.746. The maximum atomic E-state index is 12.4. The van der Waals surface area contributed by atoms with E-state index in [0.717, 1.165) is 12.8 Å². The van der Waals surface area contributed by atoms with Crippen LogP contribution < -0.4 is 10.5 Å². The minimum Gasteiger partial charge on any atom is -0.490 e. The van der Waals surface area contributed by atoms with Crippen molar-refractivity contribution < 1.29 is 13.2 Å². The number of rotatable bonds is 8. The van der Waals surface area contributed by atoms with Gasteiger partial charge in [0.2, 0.25) is 10.0 Å². The molecule has 0 saturated heterocycles. The van der Waals surface area contributed by atoms with Crippen LogP contribution >= 0.6 is 0 Å². The highest BCUT2D eigenvalue weighted by Crippen LogP contribution is 2.30. The van der Waals surface area contributed by atoms with Crippen molar-refractivity contribution in [2.45, 2.75) is 32.7 Å². The largest absolute Gasteiger partial charge is 0.490 e. The number of ether oxygens (including phenoxy) is 1. The zero-order valence-electron chi connectivity index (χ0n) is 12.7. The van der Waals surface area contributed by atoms with Gasteiger partial charge in [0.15, 0.2) is 0 Å². The average molecular weight is 312 g/mol. The Balaban J connectivity index is 1.92. The first-order valence-electron chi connectivity index (χ1n) is 7.37. The molecule has 21 heavy (non-hydrogen) atoms. The summed E-state index contributed by atoms with van der Waals surface area (Å²) >= 11 is 0. The van der Waals surface area contributed by atoms with Gasteiger partial charge in [-0.25, -0.2) is 8.42 Å². The van der Waals surface area contributed by atoms with Crippen LogP contribution in [0.5, 0.6) is 5.75 Å². The first-order chi connectivity index (χ1) is 9.90. The van der Waals surface area contributed by atoms with Crippen LogP contribution in [0.2, 0.25) is 0 Å². The molecule has 1 aliphatic rings. The van der Waals surface area contributed by atoms with Crippen molar-refractivity contribution >= 4 is 15.7 Å². The standard InChI is InChI=1S/C15H24N2O3S/c1-12(2)11-17(13-7-8-13)21(18,19)10-9-20-15-6-4-3-5-14(15)16/h3-6,12-13H,7-11,16H2,1-2H3. The Morgan fingerprint density at radius 2 is 2.00 bits per heavy atom. The lowest BCUT2D eigenvalue weighted by Crippen LogP contribution is -2.38. The van der Waals surface area contributed by atoms with Crippen LogP contribution in [-0.4, -0.2) is 37.7 Å². The molecule has 0 aliphatic heterocycles. The summed E-state index contributed by atoms with van der Waals surface area (Å²) in [4.78, 5) is 0. The van der Waals surface area contributed by atoms with Gasteiger partial charge in [-0.2, -0.15) is 4.31 Å². The smallest absolute Gasteiger partial charge is 0.217 e. The van der Waals surface area contributed by atoms with Crippen molar-refractivity contribution in [3.63, 3.8) is 0 Å². The highest BCUT2D eigenvalue weighted by Gasteiger charge is 2.37. The molecular formula is C15H24N2O3S. The van der Waals surface area contributed by atoms with Gasteiger partial charge in [-0.3, -0.25) is 0 Å². The average Bonchev–Trinajstić information content (AvgIpc) is 3.22. The summed E-state index contributed by atoms with van der Waals surface area (Å²) in [6, 6.07) is 7.30. The van der Waals surface area contributed by atoms with Crippen LogP contribution in [0.15, 0.2) is 24.3 Å². The molecule has 0 heterocycles. The van der Waals surface area contributed by atoms with E-state index in [4.69, 9.17) is 10.5 Å². The van der Waals surface area contributed by atoms with E-state index < -0.39 is 10.0 Å². The third-order valence-electron chi connectivity index (χ3n) is 3.37. The molecular weight excluding hydrogens is 288 g/mol. The van der Waals surface area contributed by atoms with Crippen molar-refractivity contribution in [3.05, 3.63) is 24.3 Å². The predicted molar refractivity (Wildman–Crippen MR) is 84.7 cm³/mol. The van der Waals surface area contributed by atoms with Gasteiger partial charge in [-0.05, 0) is 30.9 Å². The summed E-state index contributed by atoms with van der Waals surface area (Å²) in [6.07, 6.45) is 1.94. The number of nitrogens with two attached hydrogens (primary N) is 1. The van der Waals surface area contributed by atoms with Crippen LogP contribution in [0.25, 0.3) is 0 Å². The van der Waals surface area contributed by atoms with Gasteiger partial charge in [0.05, 0.1) is 11.4 Å². The number of hydrogen-bond donors (Lipinski definition) is 1. The molecule has 1 aromatic rings. The Labute approximate surface area is 127 Å². The lowest BCUT2D eigenvalue weighted by Gasteiger charge is -2.23.